The van der Waals surface area contributed by atoms with Crippen molar-refractivity contribution in [1.29, 1.82) is 5.26 Å². The first-order valence-electron chi connectivity index (χ1n) is 9.67. The SMILES string of the molecule is N#Cc1c(NC(=O)C=Cc2ccco2)sc2c1CCC(OC(=O)N1CCCC1)C2. The molecule has 0 saturated carbocycles. The number of thiophene rings is 1. The molecule has 1 aliphatic carbocycles. The molecule has 2 aliphatic rings. The molecule has 150 valence electrons. The highest BCUT2D eigenvalue weighted by Gasteiger charge is 2.30. The molecule has 0 aromatic carbocycles. The number of anilines is 1. The van der Waals surface area contributed by atoms with Gasteiger partial charge in [0.05, 0.1) is 11.8 Å². The molecule has 0 bridgehead atoms. The van der Waals surface area contributed by atoms with E-state index in [0.717, 1.165) is 36.4 Å². The molecular weight excluding hydrogens is 390 g/mol. The van der Waals surface area contributed by atoms with Gasteiger partial charge < -0.3 is 19.4 Å². The van der Waals surface area contributed by atoms with Gasteiger partial charge in [0.15, 0.2) is 0 Å². The van der Waals surface area contributed by atoms with Crippen LogP contribution in [-0.2, 0) is 22.4 Å². The summed E-state index contributed by atoms with van der Waals surface area (Å²) in [5.41, 5.74) is 1.46. The van der Waals surface area contributed by atoms with E-state index in [1.54, 1.807) is 23.1 Å². The number of nitrogens with one attached hydrogen (secondary N) is 1. The summed E-state index contributed by atoms with van der Waals surface area (Å²) in [5.74, 6) is 0.252. The summed E-state index contributed by atoms with van der Waals surface area (Å²) >= 11 is 1.38. The lowest BCUT2D eigenvalue weighted by Gasteiger charge is -2.25. The minimum absolute atomic E-state index is 0.191. The lowest BCUT2D eigenvalue weighted by Crippen LogP contribution is -2.34. The van der Waals surface area contributed by atoms with Crippen molar-refractivity contribution in [3.05, 3.63) is 46.2 Å². The highest BCUT2D eigenvalue weighted by Crippen LogP contribution is 2.38. The van der Waals surface area contributed by atoms with E-state index >= 15 is 0 Å². The van der Waals surface area contributed by atoms with Crippen LogP contribution in [0.2, 0.25) is 0 Å². The summed E-state index contributed by atoms with van der Waals surface area (Å²) in [5, 5.41) is 12.9. The Balaban J connectivity index is 1.42. The first-order valence-corrected chi connectivity index (χ1v) is 10.5. The summed E-state index contributed by atoms with van der Waals surface area (Å²) in [4.78, 5) is 27.2. The second-order valence-corrected chi connectivity index (χ2v) is 8.21. The van der Waals surface area contributed by atoms with Gasteiger partial charge in [-0.1, -0.05) is 0 Å². The molecule has 1 aliphatic heterocycles. The van der Waals surface area contributed by atoms with Crippen LogP contribution in [-0.4, -0.2) is 36.1 Å². The van der Waals surface area contributed by atoms with Gasteiger partial charge >= 0.3 is 6.09 Å². The zero-order valence-electron chi connectivity index (χ0n) is 15.8. The van der Waals surface area contributed by atoms with Crippen molar-refractivity contribution in [2.45, 2.75) is 38.2 Å². The molecular formula is C21H21N3O4S. The molecule has 1 fully saturated rings. The van der Waals surface area contributed by atoms with E-state index in [1.807, 2.05) is 0 Å². The molecule has 29 heavy (non-hydrogen) atoms. The van der Waals surface area contributed by atoms with Crippen molar-refractivity contribution in [3.63, 3.8) is 0 Å². The van der Waals surface area contributed by atoms with Crippen LogP contribution in [0.15, 0.2) is 28.9 Å². The Morgan fingerprint density at radius 3 is 2.93 bits per heavy atom. The zero-order chi connectivity index (χ0) is 20.2. The lowest BCUT2D eigenvalue weighted by atomic mass is 9.94. The van der Waals surface area contributed by atoms with Gasteiger partial charge in [0.1, 0.15) is 22.9 Å². The summed E-state index contributed by atoms with van der Waals surface area (Å²) in [6.45, 7) is 1.52. The molecule has 2 amide bonds. The number of amides is 2. The number of nitriles is 1. The van der Waals surface area contributed by atoms with Gasteiger partial charge in [-0.05, 0) is 49.5 Å². The van der Waals surface area contributed by atoms with E-state index in [2.05, 4.69) is 11.4 Å². The van der Waals surface area contributed by atoms with Gasteiger partial charge in [0.25, 0.3) is 0 Å². The van der Waals surface area contributed by atoms with Crippen molar-refractivity contribution in [1.82, 2.24) is 4.90 Å². The number of nitrogens with zero attached hydrogens (tertiary/aromatic N) is 2. The molecule has 1 unspecified atom stereocenters. The Labute approximate surface area is 172 Å². The van der Waals surface area contributed by atoms with Gasteiger partial charge in [-0.2, -0.15) is 5.26 Å². The molecule has 3 heterocycles. The van der Waals surface area contributed by atoms with Crippen LogP contribution in [0.1, 0.15) is 41.0 Å². The van der Waals surface area contributed by atoms with E-state index in [4.69, 9.17) is 9.15 Å². The third-order valence-corrected chi connectivity index (χ3v) is 6.31. The monoisotopic (exact) mass is 411 g/mol. The summed E-state index contributed by atoms with van der Waals surface area (Å²) in [6, 6.07) is 5.71. The molecule has 1 saturated heterocycles. The molecule has 8 heteroatoms. The van der Waals surface area contributed by atoms with Gasteiger partial charge in [0, 0.05) is 30.5 Å². The third-order valence-electron chi connectivity index (χ3n) is 5.14. The molecule has 2 aromatic rings. The highest BCUT2D eigenvalue weighted by atomic mass is 32.1. The maximum absolute atomic E-state index is 12.3. The zero-order valence-corrected chi connectivity index (χ0v) is 16.7. The van der Waals surface area contributed by atoms with E-state index in [9.17, 15) is 14.9 Å². The van der Waals surface area contributed by atoms with Crippen LogP contribution in [0, 0.1) is 11.3 Å². The normalized spacial score (nSPS) is 18.4. The van der Waals surface area contributed by atoms with Crippen LogP contribution in [0.4, 0.5) is 9.80 Å². The second-order valence-electron chi connectivity index (χ2n) is 7.10. The second kappa shape index (κ2) is 8.53. The predicted molar refractivity (Wildman–Crippen MR) is 109 cm³/mol. The van der Waals surface area contributed by atoms with Crippen LogP contribution in [0.25, 0.3) is 6.08 Å². The Kier molecular flexibility index (Phi) is 5.67. The summed E-state index contributed by atoms with van der Waals surface area (Å²) in [6.07, 6.45) is 8.01. The molecule has 0 radical (unpaired) electrons. The Hall–Kier alpha value is -3.05. The van der Waals surface area contributed by atoms with E-state index < -0.39 is 0 Å². The van der Waals surface area contributed by atoms with Gasteiger partial charge in [-0.15, -0.1) is 11.3 Å². The van der Waals surface area contributed by atoms with Gasteiger partial charge in [0.2, 0.25) is 5.91 Å². The fourth-order valence-electron chi connectivity index (χ4n) is 3.68. The average molecular weight is 411 g/mol. The van der Waals surface area contributed by atoms with E-state index in [0.29, 0.717) is 35.6 Å². The maximum atomic E-state index is 12.3. The fourth-order valence-corrected chi connectivity index (χ4v) is 4.94. The largest absolute Gasteiger partial charge is 0.465 e. The number of hydrogen-bond donors (Lipinski definition) is 1. The number of fused-ring (bicyclic) bond motifs is 1. The minimum atomic E-state index is -0.325. The number of rotatable bonds is 4. The van der Waals surface area contributed by atoms with Crippen LogP contribution >= 0.6 is 11.3 Å². The fraction of sp³-hybridized carbons (Fsp3) is 0.381. The Morgan fingerprint density at radius 2 is 2.21 bits per heavy atom. The first-order chi connectivity index (χ1) is 14.1. The van der Waals surface area contributed by atoms with Crippen molar-refractivity contribution < 1.29 is 18.7 Å². The van der Waals surface area contributed by atoms with E-state index in [-0.39, 0.29) is 18.1 Å². The van der Waals surface area contributed by atoms with Crippen molar-refractivity contribution in [2.24, 2.45) is 0 Å². The molecule has 1 N–H and O–H groups in total. The van der Waals surface area contributed by atoms with E-state index in [1.165, 1.54) is 23.7 Å². The summed E-state index contributed by atoms with van der Waals surface area (Å²) < 4.78 is 10.8. The first kappa shape index (κ1) is 19.3. The smallest absolute Gasteiger partial charge is 0.410 e. The van der Waals surface area contributed by atoms with Crippen molar-refractivity contribution >= 4 is 34.4 Å². The quantitative estimate of drug-likeness (QED) is 0.769. The molecule has 0 spiro atoms. The van der Waals surface area contributed by atoms with Crippen LogP contribution in [0.3, 0.4) is 0 Å². The molecule has 1 atom stereocenters. The minimum Gasteiger partial charge on any atom is -0.465 e. The van der Waals surface area contributed by atoms with Gasteiger partial charge in [-0.25, -0.2) is 4.79 Å². The molecule has 4 rings (SSSR count). The number of carbonyl (C=O) groups is 2. The average Bonchev–Trinajstić information content (AvgIpc) is 3.46. The maximum Gasteiger partial charge on any atom is 0.410 e. The van der Waals surface area contributed by atoms with Crippen LogP contribution < -0.4 is 5.32 Å². The topological polar surface area (TPSA) is 95.6 Å². The lowest BCUT2D eigenvalue weighted by molar-refractivity contribution is -0.111. The van der Waals surface area contributed by atoms with Gasteiger partial charge in [-0.3, -0.25) is 4.79 Å². The predicted octanol–water partition coefficient (Wildman–Crippen LogP) is 3.95. The number of likely N-dealkylation sites (tertiary alicyclic amines) is 1. The highest BCUT2D eigenvalue weighted by molar-refractivity contribution is 7.16. The number of furan rings is 1. The third kappa shape index (κ3) is 4.35. The Bertz CT molecular complexity index is 965. The molecule has 2 aromatic heterocycles. The number of hydrogen-bond acceptors (Lipinski definition) is 6. The van der Waals surface area contributed by atoms with Crippen molar-refractivity contribution in [2.75, 3.05) is 18.4 Å². The van der Waals surface area contributed by atoms with Crippen molar-refractivity contribution in [3.8, 4) is 6.07 Å². The number of carbonyl (C=O) groups excluding carboxylic acids is 2. The number of ether oxygens (including phenoxy) is 1. The Morgan fingerprint density at radius 1 is 1.38 bits per heavy atom. The standard InChI is InChI=1S/C21H21N3O4S/c22-13-17-16-7-5-15(28-21(26)24-9-1-2-10-24)12-18(16)29-20(17)23-19(25)8-6-14-4-3-11-27-14/h3-4,6,8,11,15H,1-2,5,7,9-10,12H2,(H,23,25). The summed E-state index contributed by atoms with van der Waals surface area (Å²) in [7, 11) is 0. The van der Waals surface area contributed by atoms with Crippen LogP contribution in [0.5, 0.6) is 0 Å². The molecule has 7 nitrogen and oxygen atoms in total.